The molecule has 0 fully saturated rings. The molecule has 0 radical (unpaired) electrons. The average molecular weight is 358 g/mol. The van der Waals surface area contributed by atoms with Crippen molar-refractivity contribution in [3.63, 3.8) is 0 Å². The fraction of sp³-hybridized carbons (Fsp3) is 0.235. The monoisotopic (exact) mass is 358 g/mol. The van der Waals surface area contributed by atoms with Gasteiger partial charge in [-0.1, -0.05) is 42.1 Å². The summed E-state index contributed by atoms with van der Waals surface area (Å²) in [5, 5.41) is 8.94. The van der Waals surface area contributed by atoms with Crippen molar-refractivity contribution in [2.24, 2.45) is 0 Å². The van der Waals surface area contributed by atoms with Crippen molar-refractivity contribution in [2.45, 2.75) is 25.2 Å². The molecule has 1 amide bonds. The van der Waals surface area contributed by atoms with Crippen LogP contribution in [0.15, 0.2) is 58.3 Å². The van der Waals surface area contributed by atoms with E-state index in [4.69, 9.17) is 9.25 Å². The number of thioether (sulfide) groups is 1. The zero-order valence-corrected chi connectivity index (χ0v) is 14.5. The number of hydrogen-bond acceptors (Lipinski definition) is 6. The Morgan fingerprint density at radius 1 is 1.24 bits per heavy atom. The van der Waals surface area contributed by atoms with E-state index in [1.807, 2.05) is 47.9 Å². The van der Waals surface area contributed by atoms with Gasteiger partial charge in [-0.15, -0.1) is 10.2 Å². The van der Waals surface area contributed by atoms with Crippen LogP contribution in [-0.4, -0.2) is 26.4 Å². The molecule has 0 aliphatic heterocycles. The number of carbonyl (C=O) groups excluding carboxylic acids is 1. The number of furan rings is 1. The highest BCUT2D eigenvalue weighted by atomic mass is 32.2. The Labute approximate surface area is 149 Å². The van der Waals surface area contributed by atoms with Gasteiger partial charge in [0.2, 0.25) is 0 Å². The van der Waals surface area contributed by atoms with Gasteiger partial charge in [0, 0.05) is 6.54 Å². The SMILES string of the molecule is CCn1c(SCC(=O)NOCc2ccccc2)nnc1-c1ccco1. The van der Waals surface area contributed by atoms with Gasteiger partial charge in [-0.2, -0.15) is 0 Å². The van der Waals surface area contributed by atoms with Crippen LogP contribution in [0.1, 0.15) is 12.5 Å². The quantitative estimate of drug-likeness (QED) is 0.492. The van der Waals surface area contributed by atoms with Gasteiger partial charge in [-0.3, -0.25) is 14.2 Å². The van der Waals surface area contributed by atoms with E-state index in [0.717, 1.165) is 5.56 Å². The van der Waals surface area contributed by atoms with Gasteiger partial charge in [-0.25, -0.2) is 5.48 Å². The summed E-state index contributed by atoms with van der Waals surface area (Å²) in [6.45, 7) is 2.99. The summed E-state index contributed by atoms with van der Waals surface area (Å²) in [7, 11) is 0. The lowest BCUT2D eigenvalue weighted by Crippen LogP contribution is -2.25. The lowest BCUT2D eigenvalue weighted by molar-refractivity contribution is -0.131. The average Bonchev–Trinajstić information content (AvgIpc) is 3.30. The van der Waals surface area contributed by atoms with Gasteiger partial charge in [0.15, 0.2) is 16.7 Å². The maximum absolute atomic E-state index is 11.9. The highest BCUT2D eigenvalue weighted by Gasteiger charge is 2.16. The van der Waals surface area contributed by atoms with Crippen LogP contribution in [0, 0.1) is 0 Å². The molecular weight excluding hydrogens is 340 g/mol. The van der Waals surface area contributed by atoms with Crippen LogP contribution in [0.5, 0.6) is 0 Å². The van der Waals surface area contributed by atoms with Crippen molar-refractivity contribution in [1.29, 1.82) is 0 Å². The molecule has 0 saturated carbocycles. The first-order chi connectivity index (χ1) is 12.3. The lowest BCUT2D eigenvalue weighted by Gasteiger charge is -2.07. The van der Waals surface area contributed by atoms with Crippen LogP contribution < -0.4 is 5.48 Å². The topological polar surface area (TPSA) is 82.2 Å². The summed E-state index contributed by atoms with van der Waals surface area (Å²) >= 11 is 1.30. The first kappa shape index (κ1) is 17.2. The molecule has 25 heavy (non-hydrogen) atoms. The number of hydrogen-bond donors (Lipinski definition) is 1. The van der Waals surface area contributed by atoms with E-state index in [0.29, 0.717) is 29.9 Å². The summed E-state index contributed by atoms with van der Waals surface area (Å²) in [5.74, 6) is 1.25. The molecule has 0 aliphatic rings. The molecule has 0 bridgehead atoms. The standard InChI is InChI=1S/C17H18N4O3S/c1-2-21-16(14-9-6-10-23-14)18-19-17(21)25-12-15(22)20-24-11-13-7-4-3-5-8-13/h3-10H,2,11-12H2,1H3,(H,20,22). The second kappa shape index (κ2) is 8.50. The summed E-state index contributed by atoms with van der Waals surface area (Å²) < 4.78 is 7.27. The molecule has 2 heterocycles. The zero-order chi connectivity index (χ0) is 17.5. The number of benzene rings is 1. The van der Waals surface area contributed by atoms with Gasteiger partial charge in [0.1, 0.15) is 0 Å². The first-order valence-electron chi connectivity index (χ1n) is 7.82. The maximum atomic E-state index is 11.9. The van der Waals surface area contributed by atoms with Crippen LogP contribution in [0.4, 0.5) is 0 Å². The maximum Gasteiger partial charge on any atom is 0.254 e. The molecule has 130 valence electrons. The van der Waals surface area contributed by atoms with Crippen LogP contribution in [0.25, 0.3) is 11.6 Å². The molecule has 2 aromatic heterocycles. The fourth-order valence-corrected chi connectivity index (χ4v) is 2.99. The van der Waals surface area contributed by atoms with Gasteiger partial charge in [-0.05, 0) is 24.6 Å². The number of carbonyl (C=O) groups is 1. The number of hydroxylamine groups is 1. The van der Waals surface area contributed by atoms with Crippen LogP contribution in [-0.2, 0) is 22.8 Å². The molecule has 0 aliphatic carbocycles. The number of amides is 1. The van der Waals surface area contributed by atoms with Crippen molar-refractivity contribution in [1.82, 2.24) is 20.2 Å². The van der Waals surface area contributed by atoms with Crippen LogP contribution in [0.2, 0.25) is 0 Å². The predicted octanol–water partition coefficient (Wildman–Crippen LogP) is 2.90. The first-order valence-corrected chi connectivity index (χ1v) is 8.81. The van der Waals surface area contributed by atoms with Crippen LogP contribution >= 0.6 is 11.8 Å². The Hall–Kier alpha value is -2.58. The van der Waals surface area contributed by atoms with Crippen molar-refractivity contribution in [2.75, 3.05) is 5.75 Å². The minimum absolute atomic E-state index is 0.186. The van der Waals surface area contributed by atoms with E-state index < -0.39 is 0 Å². The molecular formula is C17H18N4O3S. The molecule has 3 aromatic rings. The Balaban J connectivity index is 1.50. The molecule has 1 aromatic carbocycles. The van der Waals surface area contributed by atoms with E-state index in [1.54, 1.807) is 12.3 Å². The number of aromatic nitrogens is 3. The molecule has 0 unspecified atom stereocenters. The Bertz CT molecular complexity index is 803. The third-order valence-corrected chi connectivity index (χ3v) is 4.34. The minimum Gasteiger partial charge on any atom is -0.461 e. The van der Waals surface area contributed by atoms with Crippen molar-refractivity contribution in [3.8, 4) is 11.6 Å². The summed E-state index contributed by atoms with van der Waals surface area (Å²) in [4.78, 5) is 17.1. The lowest BCUT2D eigenvalue weighted by atomic mass is 10.2. The van der Waals surface area contributed by atoms with E-state index >= 15 is 0 Å². The molecule has 1 N–H and O–H groups in total. The Kier molecular flexibility index (Phi) is 5.86. The van der Waals surface area contributed by atoms with E-state index in [1.165, 1.54) is 11.8 Å². The third-order valence-electron chi connectivity index (χ3n) is 3.37. The van der Waals surface area contributed by atoms with Gasteiger partial charge < -0.3 is 4.42 Å². The molecule has 3 rings (SSSR count). The normalized spacial score (nSPS) is 10.8. The van der Waals surface area contributed by atoms with Crippen molar-refractivity contribution < 1.29 is 14.0 Å². The zero-order valence-electron chi connectivity index (χ0n) is 13.7. The predicted molar refractivity (Wildman–Crippen MR) is 93.5 cm³/mol. The fourth-order valence-electron chi connectivity index (χ4n) is 2.20. The van der Waals surface area contributed by atoms with Gasteiger partial charge in [0.25, 0.3) is 5.91 Å². The van der Waals surface area contributed by atoms with Crippen molar-refractivity contribution in [3.05, 3.63) is 54.3 Å². The Morgan fingerprint density at radius 2 is 2.08 bits per heavy atom. The summed E-state index contributed by atoms with van der Waals surface area (Å²) in [5.41, 5.74) is 3.43. The Morgan fingerprint density at radius 3 is 2.80 bits per heavy atom. The third kappa shape index (κ3) is 4.49. The molecule has 0 spiro atoms. The van der Waals surface area contributed by atoms with E-state index in [2.05, 4.69) is 15.7 Å². The van der Waals surface area contributed by atoms with Crippen molar-refractivity contribution >= 4 is 17.7 Å². The van der Waals surface area contributed by atoms with Crippen LogP contribution in [0.3, 0.4) is 0 Å². The largest absolute Gasteiger partial charge is 0.461 e. The van der Waals surface area contributed by atoms with E-state index in [-0.39, 0.29) is 11.7 Å². The van der Waals surface area contributed by atoms with Gasteiger partial charge in [0.05, 0.1) is 18.6 Å². The second-order valence-corrected chi connectivity index (χ2v) is 6.06. The smallest absolute Gasteiger partial charge is 0.254 e. The highest BCUT2D eigenvalue weighted by Crippen LogP contribution is 2.23. The minimum atomic E-state index is -0.230. The summed E-state index contributed by atoms with van der Waals surface area (Å²) in [6, 6.07) is 13.3. The molecule has 0 atom stereocenters. The molecule has 8 heteroatoms. The molecule has 0 saturated heterocycles. The highest BCUT2D eigenvalue weighted by molar-refractivity contribution is 7.99. The van der Waals surface area contributed by atoms with Gasteiger partial charge >= 0.3 is 0 Å². The number of nitrogens with zero attached hydrogens (tertiary/aromatic N) is 3. The number of nitrogens with one attached hydrogen (secondary N) is 1. The second-order valence-electron chi connectivity index (χ2n) is 5.12. The number of rotatable bonds is 8. The molecule has 7 nitrogen and oxygen atoms in total. The summed E-state index contributed by atoms with van der Waals surface area (Å²) in [6.07, 6.45) is 1.59. The van der Waals surface area contributed by atoms with E-state index in [9.17, 15) is 4.79 Å².